The van der Waals surface area contributed by atoms with E-state index < -0.39 is 13.9 Å². The van der Waals surface area contributed by atoms with Gasteiger partial charge in [-0.05, 0) is 42.5 Å². The number of methoxy groups -OCH3 is 1. The van der Waals surface area contributed by atoms with Crippen LogP contribution >= 0.6 is 19.6 Å². The lowest BCUT2D eigenvalue weighted by molar-refractivity contribution is 0.186. The summed E-state index contributed by atoms with van der Waals surface area (Å²) in [5.41, 5.74) is 1.43. The lowest BCUT2D eigenvalue weighted by Gasteiger charge is -2.07. The van der Waals surface area contributed by atoms with Gasteiger partial charge in [-0.25, -0.2) is 14.3 Å². The van der Waals surface area contributed by atoms with Crippen LogP contribution in [0, 0.1) is 0 Å². The molecule has 0 aliphatic heterocycles. The van der Waals surface area contributed by atoms with Gasteiger partial charge in [-0.1, -0.05) is 11.8 Å². The molecule has 4 N–H and O–H groups in total. The molecule has 11 heteroatoms. The van der Waals surface area contributed by atoms with Gasteiger partial charge in [-0.15, -0.1) is 0 Å². The topological polar surface area (TPSA) is 134 Å². The molecule has 1 amide bonds. The Kier molecular flexibility index (Phi) is 5.19. The number of anilines is 1. The number of hydrogen-bond acceptors (Lipinski definition) is 6. The highest BCUT2D eigenvalue weighted by molar-refractivity contribution is 7.99. The Hall–Kier alpha value is -2.52. The van der Waals surface area contributed by atoms with Gasteiger partial charge in [0.25, 0.3) is 0 Å². The first kappa shape index (κ1) is 18.3. The molecule has 0 saturated carbocycles. The smallest absolute Gasteiger partial charge is 0.453 e. The molecule has 0 bridgehead atoms. The fraction of sp³-hybridized carbons (Fsp3) is 0.0667. The maximum Gasteiger partial charge on any atom is 0.524 e. The second kappa shape index (κ2) is 7.38. The van der Waals surface area contributed by atoms with E-state index in [0.717, 1.165) is 15.3 Å². The number of nitrogens with zero attached hydrogens (tertiary/aromatic N) is 1. The van der Waals surface area contributed by atoms with Crippen molar-refractivity contribution in [3.05, 3.63) is 42.5 Å². The van der Waals surface area contributed by atoms with E-state index >= 15 is 0 Å². The van der Waals surface area contributed by atoms with Crippen LogP contribution in [0.2, 0.25) is 0 Å². The first-order valence-corrected chi connectivity index (χ1v) is 9.55. The van der Waals surface area contributed by atoms with Crippen LogP contribution in [0.5, 0.6) is 5.75 Å². The van der Waals surface area contributed by atoms with Gasteiger partial charge in [-0.3, -0.25) is 15.1 Å². The van der Waals surface area contributed by atoms with Gasteiger partial charge in [0, 0.05) is 9.79 Å². The minimum atomic E-state index is -4.56. The number of aromatic amines is 1. The van der Waals surface area contributed by atoms with E-state index in [0.29, 0.717) is 5.52 Å². The third-order valence-corrected chi connectivity index (χ3v) is 4.59. The number of benzene rings is 2. The van der Waals surface area contributed by atoms with Gasteiger partial charge in [0.15, 0.2) is 0 Å². The molecule has 9 nitrogen and oxygen atoms in total. The summed E-state index contributed by atoms with van der Waals surface area (Å²) in [6, 6.07) is 11.9. The van der Waals surface area contributed by atoms with E-state index in [1.807, 2.05) is 18.2 Å². The van der Waals surface area contributed by atoms with E-state index in [4.69, 9.17) is 9.79 Å². The number of rotatable bonds is 5. The van der Waals surface area contributed by atoms with Crippen molar-refractivity contribution in [2.75, 3.05) is 12.4 Å². The van der Waals surface area contributed by atoms with E-state index in [2.05, 4.69) is 24.5 Å². The van der Waals surface area contributed by atoms with Crippen molar-refractivity contribution in [2.24, 2.45) is 0 Å². The lowest BCUT2D eigenvalue weighted by atomic mass is 10.3. The van der Waals surface area contributed by atoms with Crippen LogP contribution in [0.3, 0.4) is 0 Å². The van der Waals surface area contributed by atoms with Gasteiger partial charge in [0.1, 0.15) is 5.75 Å². The van der Waals surface area contributed by atoms with E-state index in [9.17, 15) is 9.36 Å². The fourth-order valence-electron chi connectivity index (χ4n) is 2.10. The standard InChI is InChI=1S/C15H14N3O6PS/c1-23-15(19)18-14-16-12-7-6-11(8-13(12)17-14)26-10-4-2-9(3-5-10)24-25(20,21)22/h2-8H,1H3,(H2,20,21,22)(H2,16,17,18,19). The summed E-state index contributed by atoms with van der Waals surface area (Å²) >= 11 is 1.45. The monoisotopic (exact) mass is 395 g/mol. The summed E-state index contributed by atoms with van der Waals surface area (Å²) in [7, 11) is -3.30. The predicted molar refractivity (Wildman–Crippen MR) is 95.4 cm³/mol. The number of ether oxygens (including phenoxy) is 1. The van der Waals surface area contributed by atoms with Crippen molar-refractivity contribution in [1.82, 2.24) is 9.97 Å². The number of amides is 1. The molecule has 0 aliphatic rings. The molecule has 1 heterocycles. The Balaban J connectivity index is 1.74. The molecule has 0 aliphatic carbocycles. The minimum Gasteiger partial charge on any atom is -0.453 e. The van der Waals surface area contributed by atoms with Crippen LogP contribution in [-0.2, 0) is 9.30 Å². The lowest BCUT2D eigenvalue weighted by Crippen LogP contribution is -2.11. The molecule has 0 atom stereocenters. The first-order chi connectivity index (χ1) is 12.3. The molecule has 0 fully saturated rings. The van der Waals surface area contributed by atoms with Crippen LogP contribution in [0.25, 0.3) is 11.0 Å². The molecule has 136 valence electrons. The summed E-state index contributed by atoms with van der Waals surface area (Å²) < 4.78 is 19.8. The average Bonchev–Trinajstić information content (AvgIpc) is 2.96. The van der Waals surface area contributed by atoms with Crippen molar-refractivity contribution in [2.45, 2.75) is 9.79 Å². The number of fused-ring (bicyclic) bond motifs is 1. The molecule has 0 unspecified atom stereocenters. The van der Waals surface area contributed by atoms with E-state index in [1.165, 1.54) is 31.0 Å². The fourth-order valence-corrected chi connectivity index (χ4v) is 3.35. The molecule has 3 aromatic rings. The normalized spacial score (nSPS) is 11.3. The van der Waals surface area contributed by atoms with Crippen molar-refractivity contribution >= 4 is 42.7 Å². The summed E-state index contributed by atoms with van der Waals surface area (Å²) in [5.74, 6) is 0.373. The highest BCUT2D eigenvalue weighted by Gasteiger charge is 2.15. The molecule has 0 saturated heterocycles. The van der Waals surface area contributed by atoms with E-state index in [-0.39, 0.29) is 11.7 Å². The maximum atomic E-state index is 11.2. The Bertz CT molecular complexity index is 985. The number of aromatic nitrogens is 2. The number of imidazole rings is 1. The van der Waals surface area contributed by atoms with Gasteiger partial charge >= 0.3 is 13.9 Å². The van der Waals surface area contributed by atoms with Gasteiger partial charge in [0.2, 0.25) is 5.95 Å². The second-order valence-electron chi connectivity index (χ2n) is 5.04. The second-order valence-corrected chi connectivity index (χ2v) is 7.35. The minimum absolute atomic E-state index is 0.0882. The highest BCUT2D eigenvalue weighted by atomic mass is 32.2. The summed E-state index contributed by atoms with van der Waals surface area (Å²) in [6.45, 7) is 0. The number of carbonyl (C=O) groups excluding carboxylic acids is 1. The van der Waals surface area contributed by atoms with Crippen molar-refractivity contribution in [3.63, 3.8) is 0 Å². The van der Waals surface area contributed by atoms with Crippen LogP contribution in [-0.4, -0.2) is 33.0 Å². The Morgan fingerprint density at radius 2 is 1.88 bits per heavy atom. The molecular weight excluding hydrogens is 381 g/mol. The summed E-state index contributed by atoms with van der Waals surface area (Å²) in [4.78, 5) is 37.8. The molecule has 3 rings (SSSR count). The third kappa shape index (κ3) is 4.77. The van der Waals surface area contributed by atoms with Crippen molar-refractivity contribution < 1.29 is 28.4 Å². The maximum absolute atomic E-state index is 11.2. The Morgan fingerprint density at radius 3 is 2.54 bits per heavy atom. The number of carbonyl (C=O) groups is 1. The Labute approximate surface area is 152 Å². The van der Waals surface area contributed by atoms with Gasteiger partial charge in [0.05, 0.1) is 18.1 Å². The zero-order valence-electron chi connectivity index (χ0n) is 13.4. The zero-order chi connectivity index (χ0) is 18.7. The van der Waals surface area contributed by atoms with Crippen LogP contribution in [0.1, 0.15) is 0 Å². The highest BCUT2D eigenvalue weighted by Crippen LogP contribution is 2.38. The summed E-state index contributed by atoms with van der Waals surface area (Å²) in [5, 5.41) is 2.46. The molecule has 0 spiro atoms. The Morgan fingerprint density at radius 1 is 1.19 bits per heavy atom. The third-order valence-electron chi connectivity index (χ3n) is 3.14. The predicted octanol–water partition coefficient (Wildman–Crippen LogP) is 3.36. The molecule has 1 aromatic heterocycles. The van der Waals surface area contributed by atoms with Crippen molar-refractivity contribution in [1.29, 1.82) is 0 Å². The van der Waals surface area contributed by atoms with Crippen LogP contribution < -0.4 is 9.84 Å². The zero-order valence-corrected chi connectivity index (χ0v) is 15.1. The average molecular weight is 395 g/mol. The SMILES string of the molecule is COC(=O)Nc1nc2ccc(Sc3ccc(OP(=O)(O)O)cc3)cc2[nH]1. The quantitative estimate of drug-likeness (QED) is 0.483. The number of phosphoric ester groups is 1. The van der Waals surface area contributed by atoms with Crippen LogP contribution in [0.15, 0.2) is 52.3 Å². The molecule has 2 aromatic carbocycles. The largest absolute Gasteiger partial charge is 0.524 e. The van der Waals surface area contributed by atoms with Crippen LogP contribution in [0.4, 0.5) is 10.7 Å². The number of hydrogen-bond donors (Lipinski definition) is 4. The number of H-pyrrole nitrogens is 1. The van der Waals surface area contributed by atoms with Gasteiger partial charge < -0.3 is 14.2 Å². The van der Waals surface area contributed by atoms with Gasteiger partial charge in [-0.2, -0.15) is 0 Å². The molecule has 26 heavy (non-hydrogen) atoms. The number of nitrogens with one attached hydrogen (secondary N) is 2. The number of phosphoric acid groups is 1. The van der Waals surface area contributed by atoms with E-state index in [1.54, 1.807) is 12.1 Å². The van der Waals surface area contributed by atoms with Crippen molar-refractivity contribution in [3.8, 4) is 5.75 Å². The molecule has 0 radical (unpaired) electrons. The first-order valence-electron chi connectivity index (χ1n) is 7.20. The summed E-state index contributed by atoms with van der Waals surface area (Å²) in [6.07, 6.45) is -0.615. The molecular formula is C15H14N3O6PS.